The Balaban J connectivity index is 1.43. The van der Waals surface area contributed by atoms with Gasteiger partial charge >= 0.3 is 0 Å². The van der Waals surface area contributed by atoms with Crippen LogP contribution in [-0.4, -0.2) is 12.6 Å². The minimum absolute atomic E-state index is 0.862. The van der Waals surface area contributed by atoms with Crippen LogP contribution in [0.1, 0.15) is 39.0 Å². The van der Waals surface area contributed by atoms with Crippen LogP contribution in [0.4, 0.5) is 0 Å². The van der Waals surface area contributed by atoms with Crippen molar-refractivity contribution in [1.29, 1.82) is 0 Å². The zero-order valence-electron chi connectivity index (χ0n) is 7.97. The molecule has 1 spiro atoms. The Morgan fingerprint density at radius 3 is 2.58 bits per heavy atom. The monoisotopic (exact) mass is 165 g/mol. The van der Waals surface area contributed by atoms with Crippen molar-refractivity contribution in [3.8, 4) is 0 Å². The first-order valence-corrected chi connectivity index (χ1v) is 5.52. The van der Waals surface area contributed by atoms with E-state index in [4.69, 9.17) is 0 Å². The van der Waals surface area contributed by atoms with E-state index < -0.39 is 0 Å². The minimum atomic E-state index is 0.862. The molecule has 0 bridgehead atoms. The van der Waals surface area contributed by atoms with Crippen LogP contribution in [0.25, 0.3) is 0 Å². The fourth-order valence-corrected chi connectivity index (χ4v) is 3.15. The molecular weight excluding hydrogens is 146 g/mol. The average Bonchev–Trinajstić information content (AvgIpc) is 2.74. The summed E-state index contributed by atoms with van der Waals surface area (Å²) in [6.45, 7) is 3.73. The molecule has 1 nitrogen and oxygen atoms in total. The van der Waals surface area contributed by atoms with Crippen molar-refractivity contribution >= 4 is 0 Å². The topological polar surface area (TPSA) is 12.0 Å². The average molecular weight is 165 g/mol. The van der Waals surface area contributed by atoms with Crippen LogP contribution in [0.3, 0.4) is 0 Å². The Morgan fingerprint density at radius 2 is 2.00 bits per heavy atom. The van der Waals surface area contributed by atoms with Gasteiger partial charge in [-0.25, -0.2) is 0 Å². The Labute approximate surface area is 74.9 Å². The maximum Gasteiger partial charge on any atom is 0.00683 e. The molecule has 3 rings (SSSR count). The molecule has 3 saturated carbocycles. The van der Waals surface area contributed by atoms with Crippen LogP contribution in [0.5, 0.6) is 0 Å². The van der Waals surface area contributed by atoms with E-state index in [1.54, 1.807) is 0 Å². The van der Waals surface area contributed by atoms with Crippen molar-refractivity contribution in [3.05, 3.63) is 0 Å². The molecule has 0 aromatic rings. The highest BCUT2D eigenvalue weighted by molar-refractivity contribution is 5.10. The molecular formula is C11H19N. The van der Waals surface area contributed by atoms with Crippen LogP contribution in [0.2, 0.25) is 0 Å². The van der Waals surface area contributed by atoms with Crippen LogP contribution in [-0.2, 0) is 0 Å². The summed E-state index contributed by atoms with van der Waals surface area (Å²) >= 11 is 0. The molecule has 0 heterocycles. The van der Waals surface area contributed by atoms with E-state index in [-0.39, 0.29) is 0 Å². The predicted molar refractivity (Wildman–Crippen MR) is 50.0 cm³/mol. The number of rotatable bonds is 3. The third kappa shape index (κ3) is 1.10. The van der Waals surface area contributed by atoms with Gasteiger partial charge in [-0.15, -0.1) is 0 Å². The number of hydrogen-bond acceptors (Lipinski definition) is 1. The summed E-state index contributed by atoms with van der Waals surface area (Å²) in [5.74, 6) is 2.10. The summed E-state index contributed by atoms with van der Waals surface area (Å²) in [6.07, 6.45) is 7.48. The van der Waals surface area contributed by atoms with Crippen LogP contribution in [0.15, 0.2) is 0 Å². The van der Waals surface area contributed by atoms with E-state index in [0.717, 1.165) is 23.3 Å². The molecule has 1 atom stereocenters. The van der Waals surface area contributed by atoms with E-state index in [1.165, 1.54) is 38.6 Å². The Bertz CT molecular complexity index is 189. The smallest absolute Gasteiger partial charge is 0.00683 e. The second kappa shape index (κ2) is 2.25. The summed E-state index contributed by atoms with van der Waals surface area (Å²) < 4.78 is 0. The Kier molecular flexibility index (Phi) is 1.39. The van der Waals surface area contributed by atoms with Gasteiger partial charge in [0.2, 0.25) is 0 Å². The van der Waals surface area contributed by atoms with Crippen molar-refractivity contribution in [2.45, 2.75) is 45.1 Å². The molecule has 1 unspecified atom stereocenters. The molecule has 1 N–H and O–H groups in total. The second-order valence-corrected chi connectivity index (χ2v) is 5.46. The molecule has 0 amide bonds. The van der Waals surface area contributed by atoms with Crippen molar-refractivity contribution in [3.63, 3.8) is 0 Å². The Hall–Kier alpha value is -0.0400. The Morgan fingerprint density at radius 1 is 1.25 bits per heavy atom. The SMILES string of the molecule is CC1CC2(C1)CC2CNC1CC1. The highest BCUT2D eigenvalue weighted by Gasteiger charge is 2.59. The second-order valence-electron chi connectivity index (χ2n) is 5.46. The van der Waals surface area contributed by atoms with E-state index in [0.29, 0.717) is 0 Å². The van der Waals surface area contributed by atoms with Crippen molar-refractivity contribution in [1.82, 2.24) is 5.32 Å². The van der Waals surface area contributed by atoms with Crippen molar-refractivity contribution in [2.24, 2.45) is 17.3 Å². The third-order valence-electron chi connectivity index (χ3n) is 4.10. The van der Waals surface area contributed by atoms with Crippen LogP contribution < -0.4 is 5.32 Å². The molecule has 0 aromatic carbocycles. The fraction of sp³-hybridized carbons (Fsp3) is 1.00. The third-order valence-corrected chi connectivity index (χ3v) is 4.10. The summed E-state index contributed by atoms with van der Waals surface area (Å²) in [5.41, 5.74) is 0.862. The van der Waals surface area contributed by atoms with Gasteiger partial charge in [-0.3, -0.25) is 0 Å². The standard InChI is InChI=1S/C11H19N/c1-8-4-11(5-8)6-9(11)7-12-10-2-3-10/h8-10,12H,2-7H2,1H3. The molecule has 0 aromatic heterocycles. The molecule has 12 heavy (non-hydrogen) atoms. The first-order valence-electron chi connectivity index (χ1n) is 5.52. The highest BCUT2D eigenvalue weighted by atomic mass is 15.0. The van der Waals surface area contributed by atoms with Crippen molar-refractivity contribution in [2.75, 3.05) is 6.54 Å². The van der Waals surface area contributed by atoms with Gasteiger partial charge in [0, 0.05) is 6.04 Å². The molecule has 3 aliphatic rings. The minimum Gasteiger partial charge on any atom is -0.314 e. The zero-order valence-corrected chi connectivity index (χ0v) is 7.97. The first kappa shape index (κ1) is 7.37. The molecule has 3 aliphatic carbocycles. The molecule has 0 saturated heterocycles. The van der Waals surface area contributed by atoms with Crippen LogP contribution >= 0.6 is 0 Å². The van der Waals surface area contributed by atoms with Gasteiger partial charge < -0.3 is 5.32 Å². The summed E-state index contributed by atoms with van der Waals surface area (Å²) in [4.78, 5) is 0. The lowest BCUT2D eigenvalue weighted by Gasteiger charge is -2.34. The maximum absolute atomic E-state index is 3.66. The van der Waals surface area contributed by atoms with Gasteiger partial charge in [0.25, 0.3) is 0 Å². The van der Waals surface area contributed by atoms with Gasteiger partial charge in [0.05, 0.1) is 0 Å². The highest BCUT2D eigenvalue weighted by Crippen LogP contribution is 2.67. The van der Waals surface area contributed by atoms with Crippen molar-refractivity contribution < 1.29 is 0 Å². The van der Waals surface area contributed by atoms with E-state index in [1.807, 2.05) is 0 Å². The number of hydrogen-bond donors (Lipinski definition) is 1. The molecule has 0 radical (unpaired) electrons. The normalized spacial score (nSPS) is 50.8. The van der Waals surface area contributed by atoms with E-state index in [9.17, 15) is 0 Å². The summed E-state index contributed by atoms with van der Waals surface area (Å²) in [7, 11) is 0. The lowest BCUT2D eigenvalue weighted by atomic mass is 9.71. The predicted octanol–water partition coefficient (Wildman–Crippen LogP) is 2.17. The quantitative estimate of drug-likeness (QED) is 0.676. The zero-order chi connectivity index (χ0) is 8.18. The summed E-state index contributed by atoms with van der Waals surface area (Å²) in [6, 6.07) is 0.917. The molecule has 0 aliphatic heterocycles. The van der Waals surface area contributed by atoms with E-state index in [2.05, 4.69) is 12.2 Å². The van der Waals surface area contributed by atoms with Gasteiger partial charge in [-0.2, -0.15) is 0 Å². The largest absolute Gasteiger partial charge is 0.314 e. The molecule has 68 valence electrons. The summed E-state index contributed by atoms with van der Waals surface area (Å²) in [5, 5.41) is 3.66. The lowest BCUT2D eigenvalue weighted by molar-refractivity contribution is 0.165. The van der Waals surface area contributed by atoms with E-state index >= 15 is 0 Å². The molecule has 1 heteroatoms. The lowest BCUT2D eigenvalue weighted by Crippen LogP contribution is -2.28. The maximum atomic E-state index is 3.66. The fourth-order valence-electron chi connectivity index (χ4n) is 3.15. The van der Waals surface area contributed by atoms with Gasteiger partial charge in [0.1, 0.15) is 0 Å². The first-order chi connectivity index (χ1) is 5.78. The molecule has 3 fully saturated rings. The number of nitrogens with one attached hydrogen (secondary N) is 1. The van der Waals surface area contributed by atoms with Gasteiger partial charge in [0.15, 0.2) is 0 Å². The van der Waals surface area contributed by atoms with Crippen LogP contribution in [0, 0.1) is 17.3 Å². The van der Waals surface area contributed by atoms with Gasteiger partial charge in [-0.05, 0) is 55.9 Å². The van der Waals surface area contributed by atoms with Gasteiger partial charge in [-0.1, -0.05) is 6.92 Å².